The topological polar surface area (TPSA) is 88.6 Å². The van der Waals surface area contributed by atoms with E-state index in [0.29, 0.717) is 19.0 Å². The highest BCUT2D eigenvalue weighted by molar-refractivity contribution is 7.91. The van der Waals surface area contributed by atoms with Crippen LogP contribution in [-0.2, 0) is 14.6 Å². The molecule has 2 aliphatic heterocycles. The Balaban J connectivity index is 1.44. The Bertz CT molecular complexity index is 657. The minimum atomic E-state index is -3.04. The summed E-state index contributed by atoms with van der Waals surface area (Å²) in [4.78, 5) is 18.1. The number of carbonyl (C=O) groups is 1. The SMILES string of the molecule is O=C(NCC1CS(=O)(=O)CCO1)N1CCC(c2ccncc2)CC1. The van der Waals surface area contributed by atoms with Crippen LogP contribution in [0.2, 0.25) is 0 Å². The van der Waals surface area contributed by atoms with Crippen molar-refractivity contribution in [2.24, 2.45) is 0 Å². The molecule has 0 bridgehead atoms. The number of urea groups is 1. The Hall–Kier alpha value is -1.67. The zero-order chi connectivity index (χ0) is 17.0. The lowest BCUT2D eigenvalue weighted by Gasteiger charge is -2.33. The van der Waals surface area contributed by atoms with E-state index in [2.05, 4.69) is 10.3 Å². The van der Waals surface area contributed by atoms with Gasteiger partial charge in [0.15, 0.2) is 9.84 Å². The molecule has 0 radical (unpaired) electrons. The van der Waals surface area contributed by atoms with E-state index in [9.17, 15) is 13.2 Å². The summed E-state index contributed by atoms with van der Waals surface area (Å²) in [5, 5.41) is 2.80. The predicted octanol–water partition coefficient (Wildman–Crippen LogP) is 0.784. The molecule has 1 aromatic rings. The summed E-state index contributed by atoms with van der Waals surface area (Å²) in [6, 6.07) is 3.91. The van der Waals surface area contributed by atoms with Crippen LogP contribution in [0.15, 0.2) is 24.5 Å². The van der Waals surface area contributed by atoms with E-state index < -0.39 is 15.9 Å². The quantitative estimate of drug-likeness (QED) is 0.868. The highest BCUT2D eigenvalue weighted by Gasteiger charge is 2.27. The third-order valence-electron chi connectivity index (χ3n) is 4.63. The molecule has 8 heteroatoms. The average molecular weight is 353 g/mol. The van der Waals surface area contributed by atoms with Gasteiger partial charge < -0.3 is 15.0 Å². The lowest BCUT2D eigenvalue weighted by atomic mass is 9.90. The standard InChI is InChI=1S/C16H23N3O4S/c20-16(18-11-15-12-24(21,22)10-9-23-15)19-7-3-14(4-8-19)13-1-5-17-6-2-13/h1-2,5-6,14-15H,3-4,7-12H2,(H,18,20). The van der Waals surface area contributed by atoms with Crippen LogP contribution in [0.3, 0.4) is 0 Å². The van der Waals surface area contributed by atoms with E-state index in [4.69, 9.17) is 4.74 Å². The van der Waals surface area contributed by atoms with E-state index in [1.54, 1.807) is 17.3 Å². The number of piperidine rings is 1. The van der Waals surface area contributed by atoms with Gasteiger partial charge in [-0.2, -0.15) is 0 Å². The minimum absolute atomic E-state index is 0.0165. The number of amides is 2. The van der Waals surface area contributed by atoms with Gasteiger partial charge in [0.05, 0.1) is 24.2 Å². The first-order valence-electron chi connectivity index (χ1n) is 8.28. The van der Waals surface area contributed by atoms with Gasteiger partial charge >= 0.3 is 6.03 Å². The molecule has 0 saturated carbocycles. The summed E-state index contributed by atoms with van der Waals surface area (Å²) in [5.74, 6) is 0.515. The molecule has 0 aromatic carbocycles. The van der Waals surface area contributed by atoms with E-state index in [-0.39, 0.29) is 30.7 Å². The lowest BCUT2D eigenvalue weighted by Crippen LogP contribution is -2.48. The summed E-state index contributed by atoms with van der Waals surface area (Å²) < 4.78 is 28.5. The van der Waals surface area contributed by atoms with Crippen molar-refractivity contribution in [1.29, 1.82) is 0 Å². The normalized spacial score (nSPS) is 24.5. The van der Waals surface area contributed by atoms with Crippen molar-refractivity contribution >= 4 is 15.9 Å². The molecule has 0 aliphatic carbocycles. The zero-order valence-corrected chi connectivity index (χ0v) is 14.4. The van der Waals surface area contributed by atoms with Gasteiger partial charge in [0.2, 0.25) is 0 Å². The summed E-state index contributed by atoms with van der Waals surface area (Å²) in [5.41, 5.74) is 1.27. The maximum atomic E-state index is 12.2. The summed E-state index contributed by atoms with van der Waals surface area (Å²) in [6.45, 7) is 1.84. The smallest absolute Gasteiger partial charge is 0.317 e. The molecule has 1 N–H and O–H groups in total. The second-order valence-corrected chi connectivity index (χ2v) is 8.56. The predicted molar refractivity (Wildman–Crippen MR) is 89.6 cm³/mol. The Morgan fingerprint density at radius 3 is 2.67 bits per heavy atom. The van der Waals surface area contributed by atoms with Crippen molar-refractivity contribution in [1.82, 2.24) is 15.2 Å². The van der Waals surface area contributed by atoms with Crippen LogP contribution < -0.4 is 5.32 Å². The Morgan fingerprint density at radius 2 is 2.00 bits per heavy atom. The lowest BCUT2D eigenvalue weighted by molar-refractivity contribution is 0.0713. The third-order valence-corrected chi connectivity index (χ3v) is 6.30. The number of carbonyl (C=O) groups excluding carboxylic acids is 1. The van der Waals surface area contributed by atoms with E-state index >= 15 is 0 Å². The van der Waals surface area contributed by atoms with Crippen LogP contribution in [0.25, 0.3) is 0 Å². The fraction of sp³-hybridized carbons (Fsp3) is 0.625. The van der Waals surface area contributed by atoms with Gasteiger partial charge in [0.25, 0.3) is 0 Å². The number of hydrogen-bond donors (Lipinski definition) is 1. The van der Waals surface area contributed by atoms with Crippen molar-refractivity contribution in [2.45, 2.75) is 24.9 Å². The molecule has 0 spiro atoms. The Kier molecular flexibility index (Phi) is 5.35. The molecule has 1 atom stereocenters. The number of rotatable bonds is 3. The molecule has 2 fully saturated rings. The monoisotopic (exact) mass is 353 g/mol. The van der Waals surface area contributed by atoms with Gasteiger partial charge in [0, 0.05) is 32.0 Å². The van der Waals surface area contributed by atoms with Crippen molar-refractivity contribution in [2.75, 3.05) is 37.7 Å². The molecule has 2 saturated heterocycles. The Morgan fingerprint density at radius 1 is 1.29 bits per heavy atom. The molecule has 3 heterocycles. The van der Waals surface area contributed by atoms with Crippen LogP contribution >= 0.6 is 0 Å². The van der Waals surface area contributed by atoms with Gasteiger partial charge in [-0.05, 0) is 36.5 Å². The molecule has 24 heavy (non-hydrogen) atoms. The maximum absolute atomic E-state index is 12.2. The zero-order valence-electron chi connectivity index (χ0n) is 13.6. The number of aromatic nitrogens is 1. The number of nitrogens with zero attached hydrogens (tertiary/aromatic N) is 2. The van der Waals surface area contributed by atoms with Gasteiger partial charge in [-0.3, -0.25) is 4.98 Å². The van der Waals surface area contributed by atoms with Crippen LogP contribution in [0.5, 0.6) is 0 Å². The fourth-order valence-corrected chi connectivity index (χ4v) is 4.54. The fourth-order valence-electron chi connectivity index (χ4n) is 3.24. The van der Waals surface area contributed by atoms with Crippen LogP contribution in [0.1, 0.15) is 24.3 Å². The summed E-state index contributed by atoms with van der Waals surface area (Å²) in [6.07, 6.45) is 5.00. The maximum Gasteiger partial charge on any atom is 0.317 e. The van der Waals surface area contributed by atoms with Gasteiger partial charge in [-0.1, -0.05) is 0 Å². The average Bonchev–Trinajstić information content (AvgIpc) is 2.60. The molecule has 2 amide bonds. The molecular weight excluding hydrogens is 330 g/mol. The van der Waals surface area contributed by atoms with Crippen LogP contribution in [0, 0.1) is 0 Å². The molecule has 7 nitrogen and oxygen atoms in total. The van der Waals surface area contributed by atoms with Gasteiger partial charge in [-0.25, -0.2) is 13.2 Å². The molecule has 132 valence electrons. The van der Waals surface area contributed by atoms with Crippen LogP contribution in [-0.4, -0.2) is 68.2 Å². The van der Waals surface area contributed by atoms with Gasteiger partial charge in [-0.15, -0.1) is 0 Å². The molecule has 1 unspecified atom stereocenters. The van der Waals surface area contributed by atoms with Crippen molar-refractivity contribution in [3.63, 3.8) is 0 Å². The first-order valence-corrected chi connectivity index (χ1v) is 10.1. The molecular formula is C16H23N3O4S. The highest BCUT2D eigenvalue weighted by atomic mass is 32.2. The second kappa shape index (κ2) is 7.48. The third kappa shape index (κ3) is 4.45. The molecule has 1 aromatic heterocycles. The molecule has 3 rings (SSSR count). The van der Waals surface area contributed by atoms with Crippen molar-refractivity contribution < 1.29 is 17.9 Å². The second-order valence-electron chi connectivity index (χ2n) is 6.34. The molecule has 2 aliphatic rings. The summed E-state index contributed by atoms with van der Waals surface area (Å²) >= 11 is 0. The van der Waals surface area contributed by atoms with Crippen molar-refractivity contribution in [3.8, 4) is 0 Å². The Labute approximate surface area is 142 Å². The van der Waals surface area contributed by atoms with E-state index in [1.165, 1.54) is 5.56 Å². The van der Waals surface area contributed by atoms with E-state index in [0.717, 1.165) is 12.8 Å². The van der Waals surface area contributed by atoms with Crippen LogP contribution in [0.4, 0.5) is 4.79 Å². The number of pyridine rings is 1. The highest BCUT2D eigenvalue weighted by Crippen LogP contribution is 2.27. The number of likely N-dealkylation sites (tertiary alicyclic amines) is 1. The van der Waals surface area contributed by atoms with Gasteiger partial charge in [0.1, 0.15) is 0 Å². The van der Waals surface area contributed by atoms with E-state index in [1.807, 2.05) is 12.1 Å². The number of hydrogen-bond acceptors (Lipinski definition) is 5. The first kappa shape index (κ1) is 17.2. The van der Waals surface area contributed by atoms with Crippen molar-refractivity contribution in [3.05, 3.63) is 30.1 Å². The first-order chi connectivity index (χ1) is 11.5. The minimum Gasteiger partial charge on any atom is -0.374 e. The number of sulfone groups is 1. The number of nitrogens with one attached hydrogen (secondary N) is 1. The number of ether oxygens (including phenoxy) is 1. The largest absolute Gasteiger partial charge is 0.374 e. The summed E-state index contributed by atoms with van der Waals surface area (Å²) in [7, 11) is -3.04.